The molecule has 0 aliphatic rings. The maximum Gasteiger partial charge on any atom is 0.205 e. The molecule has 0 aliphatic carbocycles. The molecule has 0 radical (unpaired) electrons. The van der Waals surface area contributed by atoms with Crippen molar-refractivity contribution in [1.82, 2.24) is 10.2 Å². The minimum Gasteiger partial charge on any atom is -0.501 e. The van der Waals surface area contributed by atoms with Crippen LogP contribution in [0.15, 0.2) is 52.5 Å². The van der Waals surface area contributed by atoms with Gasteiger partial charge in [0.1, 0.15) is 11.7 Å². The van der Waals surface area contributed by atoms with Crippen LogP contribution in [0.4, 0.5) is 4.39 Å². The van der Waals surface area contributed by atoms with E-state index in [1.165, 1.54) is 11.0 Å². The number of nitrogens with zero attached hydrogens (tertiary/aromatic N) is 2. The molecule has 0 heterocycles. The number of hydrogen-bond acceptors (Lipinski definition) is 4. The Morgan fingerprint density at radius 2 is 2.00 bits per heavy atom. The van der Waals surface area contributed by atoms with Crippen molar-refractivity contribution in [3.63, 3.8) is 0 Å². The lowest BCUT2D eigenvalue weighted by molar-refractivity contribution is 0.252. The molecule has 0 rings (SSSR count). The Morgan fingerprint density at radius 1 is 1.36 bits per heavy atom. The Bertz CT molecular complexity index is 674. The number of aliphatic imine (C=N–C) groups is 1. The second-order valence-corrected chi connectivity index (χ2v) is 6.41. The zero-order valence-electron chi connectivity index (χ0n) is 17.9. The first kappa shape index (κ1) is 25.3. The van der Waals surface area contributed by atoms with E-state index in [4.69, 9.17) is 15.6 Å². The van der Waals surface area contributed by atoms with Gasteiger partial charge in [-0.25, -0.2) is 4.39 Å². The summed E-state index contributed by atoms with van der Waals surface area (Å²) >= 11 is 0. The lowest BCUT2D eigenvalue weighted by Gasteiger charge is -2.25. The summed E-state index contributed by atoms with van der Waals surface area (Å²) in [5.41, 5.74) is 1.94. The van der Waals surface area contributed by atoms with Gasteiger partial charge in [0.25, 0.3) is 0 Å². The molecule has 0 atom stereocenters. The minimum atomic E-state index is -0.324. The quantitative estimate of drug-likeness (QED) is 0.165. The lowest BCUT2D eigenvalue weighted by Crippen LogP contribution is -2.45. The van der Waals surface area contributed by atoms with Crippen LogP contribution in [0.2, 0.25) is 0 Å². The van der Waals surface area contributed by atoms with Crippen LogP contribution in [0, 0.1) is 16.7 Å². The highest BCUT2D eigenvalue weighted by molar-refractivity contribution is 6.14. The molecule has 0 aliphatic heterocycles. The van der Waals surface area contributed by atoms with E-state index in [9.17, 15) is 4.39 Å². The molecular weight excluding hydrogens is 357 g/mol. The molecule has 0 unspecified atom stereocenters. The fourth-order valence-corrected chi connectivity index (χ4v) is 2.24. The van der Waals surface area contributed by atoms with E-state index in [0.717, 1.165) is 11.9 Å². The topological polar surface area (TPSA) is 84.6 Å². The molecule has 6 nitrogen and oxygen atoms in total. The van der Waals surface area contributed by atoms with Crippen LogP contribution in [0.3, 0.4) is 0 Å². The van der Waals surface area contributed by atoms with Gasteiger partial charge in [0.15, 0.2) is 0 Å². The summed E-state index contributed by atoms with van der Waals surface area (Å²) in [5.74, 6) is 0.0886. The minimum absolute atomic E-state index is 0.0587. The van der Waals surface area contributed by atoms with Crippen molar-refractivity contribution < 1.29 is 9.13 Å². The number of rotatable bonds is 10. The van der Waals surface area contributed by atoms with Gasteiger partial charge in [0, 0.05) is 25.6 Å². The number of halogens is 1. The Labute approximate surface area is 168 Å². The van der Waals surface area contributed by atoms with Gasteiger partial charge < -0.3 is 10.1 Å². The highest BCUT2D eigenvalue weighted by atomic mass is 19.1. The molecular formula is C21H34FN5O. The molecule has 0 spiro atoms. The first-order chi connectivity index (χ1) is 13.2. The van der Waals surface area contributed by atoms with E-state index in [1.54, 1.807) is 26.3 Å². The van der Waals surface area contributed by atoms with Crippen LogP contribution >= 0.6 is 0 Å². The highest BCUT2D eigenvalue weighted by Crippen LogP contribution is 2.18. The molecule has 0 aromatic heterocycles. The van der Waals surface area contributed by atoms with Gasteiger partial charge >= 0.3 is 0 Å². The Balaban J connectivity index is 5.41. The van der Waals surface area contributed by atoms with E-state index in [1.807, 2.05) is 27.7 Å². The number of amidine groups is 1. The molecule has 156 valence electrons. The standard InChI is InChI=1S/C21H34FN5O/c1-8-11-28-12-10-16(5)18(19(22)9-2)13-26-21(25-7)27(14-23)20(24)17(6)15(3)4/h8-9,11,14-15,23-24H,6,10,12-13H2,1-5,7H3,(H,25,26)/b11-8+,18-16+,19-9+,23-14?,24-20?. The maximum absolute atomic E-state index is 14.4. The van der Waals surface area contributed by atoms with Gasteiger partial charge in [0.05, 0.1) is 19.2 Å². The molecule has 7 heteroatoms. The predicted molar refractivity (Wildman–Crippen MR) is 117 cm³/mol. The third kappa shape index (κ3) is 7.90. The van der Waals surface area contributed by atoms with Crippen molar-refractivity contribution in [3.05, 3.63) is 47.5 Å². The molecule has 0 fully saturated rings. The van der Waals surface area contributed by atoms with Crippen molar-refractivity contribution in [2.45, 2.75) is 41.0 Å². The SMILES string of the molecule is C=C(C(=N)N(C=N)/C(=N\C)NCC(/C(F)=C\C)=C(/C)CCO/C=C/C)C(C)C. The van der Waals surface area contributed by atoms with E-state index in [2.05, 4.69) is 16.9 Å². The molecule has 0 aromatic rings. The number of nitrogens with one attached hydrogen (secondary N) is 3. The summed E-state index contributed by atoms with van der Waals surface area (Å²) < 4.78 is 19.7. The van der Waals surface area contributed by atoms with Crippen LogP contribution in [0.25, 0.3) is 0 Å². The summed E-state index contributed by atoms with van der Waals surface area (Å²) in [4.78, 5) is 5.41. The molecule has 28 heavy (non-hydrogen) atoms. The van der Waals surface area contributed by atoms with Crippen molar-refractivity contribution >= 4 is 18.1 Å². The monoisotopic (exact) mass is 391 g/mol. The van der Waals surface area contributed by atoms with Gasteiger partial charge in [0.2, 0.25) is 5.96 Å². The normalized spacial score (nSPS) is 13.4. The molecule has 0 bridgehead atoms. The maximum atomic E-state index is 14.4. The summed E-state index contributed by atoms with van der Waals surface area (Å²) in [6.07, 6.45) is 6.39. The van der Waals surface area contributed by atoms with E-state index in [0.29, 0.717) is 24.2 Å². The number of guanidine groups is 1. The van der Waals surface area contributed by atoms with Gasteiger partial charge in [-0.1, -0.05) is 38.2 Å². The Morgan fingerprint density at radius 3 is 2.46 bits per heavy atom. The summed E-state index contributed by atoms with van der Waals surface area (Å²) in [6, 6.07) is 0. The van der Waals surface area contributed by atoms with Crippen molar-refractivity contribution in [2.24, 2.45) is 10.9 Å². The predicted octanol–water partition coefficient (Wildman–Crippen LogP) is 4.79. The Kier molecular flexibility index (Phi) is 12.2. The molecule has 0 saturated heterocycles. The summed E-state index contributed by atoms with van der Waals surface area (Å²) in [6.45, 7) is 13.7. The molecule has 0 amide bonds. The van der Waals surface area contributed by atoms with Crippen LogP contribution < -0.4 is 5.32 Å². The van der Waals surface area contributed by atoms with E-state index < -0.39 is 0 Å². The number of allylic oxidation sites excluding steroid dienone is 2. The fraction of sp³-hybridized carbons (Fsp3) is 0.476. The van der Waals surface area contributed by atoms with Crippen LogP contribution in [0.1, 0.15) is 41.0 Å². The zero-order chi connectivity index (χ0) is 21.7. The molecule has 3 N–H and O–H groups in total. The average Bonchev–Trinajstić information content (AvgIpc) is 2.69. The summed E-state index contributed by atoms with van der Waals surface area (Å²) in [5, 5.41) is 19.0. The number of hydrogen-bond donors (Lipinski definition) is 3. The first-order valence-electron chi connectivity index (χ1n) is 9.26. The largest absolute Gasteiger partial charge is 0.501 e. The third-order valence-corrected chi connectivity index (χ3v) is 4.12. The van der Waals surface area contributed by atoms with E-state index in [-0.39, 0.29) is 30.1 Å². The van der Waals surface area contributed by atoms with Gasteiger partial charge in [-0.3, -0.25) is 20.7 Å². The smallest absolute Gasteiger partial charge is 0.205 e. The van der Waals surface area contributed by atoms with Gasteiger partial charge in [-0.05, 0) is 32.3 Å². The third-order valence-electron chi connectivity index (χ3n) is 4.12. The number of ether oxygens (including phenoxy) is 1. The van der Waals surface area contributed by atoms with Crippen LogP contribution in [-0.4, -0.2) is 43.2 Å². The average molecular weight is 392 g/mol. The molecule has 0 saturated carbocycles. The second kappa shape index (κ2) is 13.5. The van der Waals surface area contributed by atoms with Crippen molar-refractivity contribution in [3.8, 4) is 0 Å². The lowest BCUT2D eigenvalue weighted by atomic mass is 10.0. The fourth-order valence-electron chi connectivity index (χ4n) is 2.24. The Hall–Kier alpha value is -2.70. The van der Waals surface area contributed by atoms with Crippen molar-refractivity contribution in [1.29, 1.82) is 10.8 Å². The van der Waals surface area contributed by atoms with E-state index >= 15 is 0 Å². The highest BCUT2D eigenvalue weighted by Gasteiger charge is 2.19. The zero-order valence-corrected chi connectivity index (χ0v) is 17.9. The van der Waals surface area contributed by atoms with Crippen LogP contribution in [0.5, 0.6) is 0 Å². The van der Waals surface area contributed by atoms with Crippen molar-refractivity contribution in [2.75, 3.05) is 20.2 Å². The van der Waals surface area contributed by atoms with Gasteiger partial charge in [-0.15, -0.1) is 0 Å². The van der Waals surface area contributed by atoms with Gasteiger partial charge in [-0.2, -0.15) is 0 Å². The first-order valence-corrected chi connectivity index (χ1v) is 9.26. The molecule has 0 aromatic carbocycles. The summed E-state index contributed by atoms with van der Waals surface area (Å²) in [7, 11) is 1.55. The second-order valence-electron chi connectivity index (χ2n) is 6.41. The van der Waals surface area contributed by atoms with Crippen LogP contribution in [-0.2, 0) is 4.74 Å².